The molecule has 2 aromatic carbocycles. The highest BCUT2D eigenvalue weighted by molar-refractivity contribution is 6.01. The number of benzene rings is 2. The lowest BCUT2D eigenvalue weighted by Gasteiger charge is -2.15. The molecule has 3 nitrogen and oxygen atoms in total. The number of fused-ring (bicyclic) bond motifs is 1. The van der Waals surface area contributed by atoms with Crippen LogP contribution in [0.15, 0.2) is 30.3 Å². The Labute approximate surface area is 144 Å². The topological polar surface area (TPSA) is 31.2 Å². The molecule has 0 saturated heterocycles. The zero-order valence-corrected chi connectivity index (χ0v) is 14.6. The van der Waals surface area contributed by atoms with Crippen molar-refractivity contribution < 1.29 is 18.3 Å². The standard InChI is InChI=1S/C20H19F2NO2/c1-11(2)20-15(10-24)14-8-19(25-4)17(22)9-18(14)23(20)13-5-6-16(21)12(3)7-13/h5-11H,1-4H3. The molecule has 0 aliphatic heterocycles. The quantitative estimate of drug-likeness (QED) is 0.613. The largest absolute Gasteiger partial charge is 0.494 e. The van der Waals surface area contributed by atoms with Crippen LogP contribution in [0.2, 0.25) is 0 Å². The fourth-order valence-electron chi connectivity index (χ4n) is 3.23. The van der Waals surface area contributed by atoms with Gasteiger partial charge in [-0.15, -0.1) is 0 Å². The Morgan fingerprint density at radius 2 is 1.84 bits per heavy atom. The highest BCUT2D eigenvalue weighted by atomic mass is 19.1. The highest BCUT2D eigenvalue weighted by Crippen LogP contribution is 2.36. The summed E-state index contributed by atoms with van der Waals surface area (Å²) in [7, 11) is 1.38. The Bertz CT molecular complexity index is 974. The third kappa shape index (κ3) is 2.69. The van der Waals surface area contributed by atoms with Gasteiger partial charge in [-0.3, -0.25) is 4.79 Å². The average Bonchev–Trinajstić information content (AvgIpc) is 2.89. The second kappa shape index (κ2) is 6.31. The Balaban J connectivity index is 2.47. The molecule has 0 spiro atoms. The molecule has 0 N–H and O–H groups in total. The van der Waals surface area contributed by atoms with Gasteiger partial charge in [-0.1, -0.05) is 13.8 Å². The van der Waals surface area contributed by atoms with Crippen LogP contribution in [-0.4, -0.2) is 18.0 Å². The summed E-state index contributed by atoms with van der Waals surface area (Å²) < 4.78 is 34.9. The first-order valence-corrected chi connectivity index (χ1v) is 8.02. The number of aromatic nitrogens is 1. The molecular formula is C20H19F2NO2. The van der Waals surface area contributed by atoms with Crippen LogP contribution in [-0.2, 0) is 0 Å². The summed E-state index contributed by atoms with van der Waals surface area (Å²) in [5, 5.41) is 0.610. The predicted octanol–water partition coefficient (Wildman–Crippen LogP) is 5.16. The van der Waals surface area contributed by atoms with Gasteiger partial charge in [-0.2, -0.15) is 0 Å². The van der Waals surface area contributed by atoms with Crippen molar-refractivity contribution >= 4 is 17.2 Å². The molecule has 0 unspecified atom stereocenters. The molecule has 3 aromatic rings. The number of methoxy groups -OCH3 is 1. The van der Waals surface area contributed by atoms with E-state index in [9.17, 15) is 13.6 Å². The lowest BCUT2D eigenvalue weighted by Crippen LogP contribution is -2.04. The number of nitrogens with zero attached hydrogens (tertiary/aromatic N) is 1. The smallest absolute Gasteiger partial charge is 0.167 e. The molecule has 0 radical (unpaired) electrons. The highest BCUT2D eigenvalue weighted by Gasteiger charge is 2.22. The van der Waals surface area contributed by atoms with Crippen molar-refractivity contribution in [3.63, 3.8) is 0 Å². The zero-order valence-electron chi connectivity index (χ0n) is 14.6. The van der Waals surface area contributed by atoms with Crippen LogP contribution in [0.3, 0.4) is 0 Å². The first-order valence-electron chi connectivity index (χ1n) is 8.02. The first kappa shape index (κ1) is 17.1. The van der Waals surface area contributed by atoms with E-state index in [1.807, 2.05) is 18.4 Å². The number of hydrogen-bond acceptors (Lipinski definition) is 2. The van der Waals surface area contributed by atoms with Gasteiger partial charge < -0.3 is 9.30 Å². The van der Waals surface area contributed by atoms with Crippen LogP contribution in [0, 0.1) is 18.6 Å². The van der Waals surface area contributed by atoms with E-state index in [4.69, 9.17) is 4.74 Å². The van der Waals surface area contributed by atoms with Gasteiger partial charge in [0.25, 0.3) is 0 Å². The maximum absolute atomic E-state index is 14.3. The molecule has 1 heterocycles. The number of ether oxygens (including phenoxy) is 1. The van der Waals surface area contributed by atoms with Gasteiger partial charge >= 0.3 is 0 Å². The van der Waals surface area contributed by atoms with E-state index < -0.39 is 5.82 Å². The van der Waals surface area contributed by atoms with Gasteiger partial charge in [0.2, 0.25) is 0 Å². The van der Waals surface area contributed by atoms with Crippen molar-refractivity contribution in [1.29, 1.82) is 0 Å². The number of aryl methyl sites for hydroxylation is 1. The fourth-order valence-corrected chi connectivity index (χ4v) is 3.23. The van der Waals surface area contributed by atoms with Gasteiger partial charge in [0.1, 0.15) is 5.82 Å². The molecule has 0 amide bonds. The van der Waals surface area contributed by atoms with Crippen LogP contribution < -0.4 is 4.74 Å². The normalized spacial score (nSPS) is 11.3. The van der Waals surface area contributed by atoms with E-state index in [1.165, 1.54) is 25.3 Å². The van der Waals surface area contributed by atoms with Crippen LogP contribution in [0.4, 0.5) is 8.78 Å². The van der Waals surface area contributed by atoms with E-state index in [2.05, 4.69) is 0 Å². The van der Waals surface area contributed by atoms with E-state index >= 15 is 0 Å². The summed E-state index contributed by atoms with van der Waals surface area (Å²) in [4.78, 5) is 11.8. The SMILES string of the molecule is COc1cc2c(C=O)c(C(C)C)n(-c3ccc(F)c(C)c3)c2cc1F. The summed E-state index contributed by atoms with van der Waals surface area (Å²) in [5.41, 5.74) is 2.96. The number of hydrogen-bond donors (Lipinski definition) is 0. The maximum Gasteiger partial charge on any atom is 0.167 e. The maximum atomic E-state index is 14.3. The molecular weight excluding hydrogens is 324 g/mol. The molecule has 0 aliphatic rings. The second-order valence-electron chi connectivity index (χ2n) is 6.34. The second-order valence-corrected chi connectivity index (χ2v) is 6.34. The molecule has 3 rings (SSSR count). The lowest BCUT2D eigenvalue weighted by molar-refractivity contribution is 0.112. The van der Waals surface area contributed by atoms with Gasteiger partial charge in [0.05, 0.1) is 12.6 Å². The Kier molecular flexibility index (Phi) is 4.33. The van der Waals surface area contributed by atoms with Gasteiger partial charge in [0, 0.05) is 28.4 Å². The van der Waals surface area contributed by atoms with E-state index in [0.717, 1.165) is 12.0 Å². The summed E-state index contributed by atoms with van der Waals surface area (Å²) in [6, 6.07) is 7.59. The number of aldehydes is 1. The van der Waals surface area contributed by atoms with Crippen molar-refractivity contribution in [1.82, 2.24) is 4.57 Å². The fraction of sp³-hybridized carbons (Fsp3) is 0.250. The van der Waals surface area contributed by atoms with Gasteiger partial charge in [0.15, 0.2) is 17.9 Å². The molecule has 0 bridgehead atoms. The Morgan fingerprint density at radius 3 is 2.40 bits per heavy atom. The molecule has 0 atom stereocenters. The van der Waals surface area contributed by atoms with Crippen molar-refractivity contribution in [2.24, 2.45) is 0 Å². The third-order valence-electron chi connectivity index (χ3n) is 4.38. The van der Waals surface area contributed by atoms with Crippen LogP contribution >= 0.6 is 0 Å². The minimum absolute atomic E-state index is 0.00650. The molecule has 0 saturated carbocycles. The van der Waals surface area contributed by atoms with Crippen molar-refractivity contribution in [3.05, 3.63) is 58.8 Å². The zero-order chi connectivity index (χ0) is 18.3. The van der Waals surface area contributed by atoms with Gasteiger partial charge in [-0.05, 0) is 42.7 Å². The molecule has 25 heavy (non-hydrogen) atoms. The molecule has 0 fully saturated rings. The minimum atomic E-state index is -0.514. The summed E-state index contributed by atoms with van der Waals surface area (Å²) in [5.74, 6) is -0.736. The van der Waals surface area contributed by atoms with Crippen molar-refractivity contribution in [2.45, 2.75) is 26.7 Å². The third-order valence-corrected chi connectivity index (χ3v) is 4.38. The van der Waals surface area contributed by atoms with Gasteiger partial charge in [-0.25, -0.2) is 8.78 Å². The monoisotopic (exact) mass is 343 g/mol. The Morgan fingerprint density at radius 1 is 1.12 bits per heavy atom. The number of carbonyl (C=O) groups excluding carboxylic acids is 1. The summed E-state index contributed by atoms with van der Waals surface area (Å²) in [6.45, 7) is 5.59. The molecule has 5 heteroatoms. The van der Waals surface area contributed by atoms with Crippen molar-refractivity contribution in [3.8, 4) is 11.4 Å². The molecule has 0 aliphatic carbocycles. The summed E-state index contributed by atoms with van der Waals surface area (Å²) in [6.07, 6.45) is 0.780. The van der Waals surface area contributed by atoms with Crippen LogP contribution in [0.5, 0.6) is 5.75 Å². The minimum Gasteiger partial charge on any atom is -0.494 e. The number of rotatable bonds is 4. The average molecular weight is 343 g/mol. The molecule has 130 valence electrons. The van der Waals surface area contributed by atoms with Crippen LogP contribution in [0.1, 0.15) is 41.4 Å². The van der Waals surface area contributed by atoms with E-state index in [-0.39, 0.29) is 17.5 Å². The first-order chi connectivity index (χ1) is 11.9. The number of carbonyl (C=O) groups is 1. The molecule has 1 aromatic heterocycles. The predicted molar refractivity (Wildman–Crippen MR) is 94.0 cm³/mol. The Hall–Kier alpha value is -2.69. The van der Waals surface area contributed by atoms with E-state index in [1.54, 1.807) is 19.1 Å². The summed E-state index contributed by atoms with van der Waals surface area (Å²) >= 11 is 0. The lowest BCUT2D eigenvalue weighted by atomic mass is 10.0. The number of halogens is 2. The van der Waals surface area contributed by atoms with Crippen molar-refractivity contribution in [2.75, 3.05) is 7.11 Å². The van der Waals surface area contributed by atoms with Crippen LogP contribution in [0.25, 0.3) is 16.6 Å². The van der Waals surface area contributed by atoms with E-state index in [0.29, 0.717) is 27.7 Å².